The molecule has 150 valence electrons. The van der Waals surface area contributed by atoms with E-state index >= 15 is 0 Å². The average Bonchev–Trinajstić information content (AvgIpc) is 3.33. The van der Waals surface area contributed by atoms with Crippen molar-refractivity contribution in [3.63, 3.8) is 0 Å². The third kappa shape index (κ3) is 4.48. The normalized spacial score (nSPS) is 14.0. The monoisotopic (exact) mass is 394 g/mol. The number of nitrogens with zero attached hydrogens (tertiary/aromatic N) is 4. The molecule has 0 saturated carbocycles. The zero-order valence-electron chi connectivity index (χ0n) is 16.2. The zero-order chi connectivity index (χ0) is 20.1. The van der Waals surface area contributed by atoms with Gasteiger partial charge in [-0.3, -0.25) is 4.79 Å². The first-order valence-electron chi connectivity index (χ1n) is 9.40. The first-order chi connectivity index (χ1) is 14.2. The molecular formula is C21H22N4O4. The highest BCUT2D eigenvalue weighted by Gasteiger charge is 2.22. The minimum Gasteiger partial charge on any atom is -0.497 e. The van der Waals surface area contributed by atoms with Crippen molar-refractivity contribution in [3.05, 3.63) is 54.8 Å². The molecule has 3 heterocycles. The molecule has 4 rings (SSSR count). The number of hydrogen-bond acceptors (Lipinski definition) is 7. The maximum atomic E-state index is 12.4. The summed E-state index contributed by atoms with van der Waals surface area (Å²) in [6.45, 7) is 2.65. The van der Waals surface area contributed by atoms with Crippen molar-refractivity contribution in [2.75, 3.05) is 44.8 Å². The zero-order valence-corrected chi connectivity index (χ0v) is 16.2. The molecule has 0 unspecified atom stereocenters. The number of furan rings is 1. The molecule has 0 spiro atoms. The molecule has 1 saturated heterocycles. The van der Waals surface area contributed by atoms with Gasteiger partial charge in [-0.05, 0) is 48.5 Å². The van der Waals surface area contributed by atoms with Crippen molar-refractivity contribution >= 4 is 11.7 Å². The lowest BCUT2D eigenvalue weighted by molar-refractivity contribution is -0.133. The summed E-state index contributed by atoms with van der Waals surface area (Å²) in [6.07, 6.45) is 1.61. The Labute approximate surface area is 168 Å². The van der Waals surface area contributed by atoms with Crippen LogP contribution < -0.4 is 14.4 Å². The molecular weight excluding hydrogens is 372 g/mol. The predicted octanol–water partition coefficient (Wildman–Crippen LogP) is 2.47. The van der Waals surface area contributed by atoms with E-state index in [1.165, 1.54) is 0 Å². The third-order valence-electron chi connectivity index (χ3n) is 4.80. The number of rotatable bonds is 6. The van der Waals surface area contributed by atoms with E-state index in [0.29, 0.717) is 43.4 Å². The van der Waals surface area contributed by atoms with Crippen LogP contribution in [0.1, 0.15) is 0 Å². The van der Waals surface area contributed by atoms with E-state index in [9.17, 15) is 4.79 Å². The van der Waals surface area contributed by atoms with Crippen molar-refractivity contribution in [2.24, 2.45) is 0 Å². The van der Waals surface area contributed by atoms with Gasteiger partial charge >= 0.3 is 0 Å². The molecule has 3 aromatic rings. The summed E-state index contributed by atoms with van der Waals surface area (Å²) in [7, 11) is 1.61. The van der Waals surface area contributed by atoms with Gasteiger partial charge < -0.3 is 23.7 Å². The molecule has 29 heavy (non-hydrogen) atoms. The summed E-state index contributed by atoms with van der Waals surface area (Å²) in [5.41, 5.74) is 0.697. The number of benzene rings is 1. The van der Waals surface area contributed by atoms with Crippen LogP contribution in [0.4, 0.5) is 5.82 Å². The Balaban J connectivity index is 1.26. The fourth-order valence-corrected chi connectivity index (χ4v) is 3.14. The lowest BCUT2D eigenvalue weighted by Gasteiger charge is -2.35. The number of carbonyl (C=O) groups excluding carboxylic acids is 1. The second-order valence-corrected chi connectivity index (χ2v) is 6.59. The van der Waals surface area contributed by atoms with E-state index in [1.54, 1.807) is 37.6 Å². The SMILES string of the molecule is COc1ccc(OCC(=O)N2CCN(c3ccc(-c4ccco4)nn3)CC2)cc1. The van der Waals surface area contributed by atoms with Crippen LogP contribution in [-0.4, -0.2) is 60.9 Å². The van der Waals surface area contributed by atoms with Crippen LogP contribution in [-0.2, 0) is 4.79 Å². The Morgan fingerprint density at radius 1 is 1.00 bits per heavy atom. The number of hydrogen-bond donors (Lipinski definition) is 0. The van der Waals surface area contributed by atoms with Gasteiger partial charge in [-0.15, -0.1) is 10.2 Å². The van der Waals surface area contributed by atoms with Crippen LogP contribution in [0, 0.1) is 0 Å². The van der Waals surface area contributed by atoms with Crippen molar-refractivity contribution in [2.45, 2.75) is 0 Å². The van der Waals surface area contributed by atoms with Crippen LogP contribution in [0.3, 0.4) is 0 Å². The standard InChI is InChI=1S/C21H22N4O4/c1-27-16-4-6-17(7-5-16)29-15-21(26)25-12-10-24(11-13-25)20-9-8-18(22-23-20)19-3-2-14-28-19/h2-9,14H,10-13,15H2,1H3. The minimum atomic E-state index is -0.0280. The lowest BCUT2D eigenvalue weighted by atomic mass is 10.2. The number of ether oxygens (including phenoxy) is 2. The molecule has 0 aliphatic carbocycles. The van der Waals surface area contributed by atoms with Crippen molar-refractivity contribution in [3.8, 4) is 23.0 Å². The quantitative estimate of drug-likeness (QED) is 0.635. The molecule has 1 amide bonds. The van der Waals surface area contributed by atoms with Gasteiger partial charge in [0.1, 0.15) is 17.2 Å². The Morgan fingerprint density at radius 2 is 1.76 bits per heavy atom. The summed E-state index contributed by atoms with van der Waals surface area (Å²) in [5, 5.41) is 8.53. The molecule has 1 aromatic carbocycles. The van der Waals surface area contributed by atoms with Crippen molar-refractivity contribution in [1.29, 1.82) is 0 Å². The number of amides is 1. The molecule has 0 bridgehead atoms. The average molecular weight is 394 g/mol. The Morgan fingerprint density at radius 3 is 2.38 bits per heavy atom. The molecule has 2 aromatic heterocycles. The van der Waals surface area contributed by atoms with E-state index in [4.69, 9.17) is 13.9 Å². The van der Waals surface area contributed by atoms with Gasteiger partial charge in [-0.2, -0.15) is 0 Å². The van der Waals surface area contributed by atoms with Gasteiger partial charge in [0, 0.05) is 26.2 Å². The van der Waals surface area contributed by atoms with Gasteiger partial charge in [0.2, 0.25) is 0 Å². The van der Waals surface area contributed by atoms with Crippen LogP contribution in [0.5, 0.6) is 11.5 Å². The van der Waals surface area contributed by atoms with E-state index in [-0.39, 0.29) is 12.5 Å². The highest BCUT2D eigenvalue weighted by molar-refractivity contribution is 5.78. The Kier molecular flexibility index (Phi) is 5.60. The van der Waals surface area contributed by atoms with Crippen LogP contribution in [0.15, 0.2) is 59.2 Å². The van der Waals surface area contributed by atoms with E-state index in [2.05, 4.69) is 15.1 Å². The number of anilines is 1. The van der Waals surface area contributed by atoms with Gasteiger partial charge in [0.25, 0.3) is 5.91 Å². The van der Waals surface area contributed by atoms with Crippen molar-refractivity contribution < 1.29 is 18.7 Å². The van der Waals surface area contributed by atoms with E-state index < -0.39 is 0 Å². The highest BCUT2D eigenvalue weighted by Crippen LogP contribution is 2.20. The summed E-state index contributed by atoms with van der Waals surface area (Å²) in [6, 6.07) is 14.7. The second-order valence-electron chi connectivity index (χ2n) is 6.59. The number of carbonyl (C=O) groups is 1. The minimum absolute atomic E-state index is 0.0178. The maximum absolute atomic E-state index is 12.4. The van der Waals surface area contributed by atoms with E-state index in [1.807, 2.05) is 29.2 Å². The molecule has 0 radical (unpaired) electrons. The summed E-state index contributed by atoms with van der Waals surface area (Å²) in [4.78, 5) is 16.4. The van der Waals surface area contributed by atoms with Gasteiger partial charge in [-0.25, -0.2) is 0 Å². The first kappa shape index (κ1) is 18.8. The summed E-state index contributed by atoms with van der Waals surface area (Å²) in [5.74, 6) is 2.85. The summed E-state index contributed by atoms with van der Waals surface area (Å²) < 4.78 is 16.0. The number of aromatic nitrogens is 2. The molecule has 8 nitrogen and oxygen atoms in total. The summed E-state index contributed by atoms with van der Waals surface area (Å²) >= 11 is 0. The van der Waals surface area contributed by atoms with E-state index in [0.717, 1.165) is 11.6 Å². The van der Waals surface area contributed by atoms with Crippen molar-refractivity contribution in [1.82, 2.24) is 15.1 Å². The van der Waals surface area contributed by atoms with Gasteiger partial charge in [0.15, 0.2) is 18.2 Å². The second kappa shape index (κ2) is 8.64. The Hall–Kier alpha value is -3.55. The van der Waals surface area contributed by atoms with Crippen LogP contribution in [0.2, 0.25) is 0 Å². The van der Waals surface area contributed by atoms with Gasteiger partial charge in [-0.1, -0.05) is 0 Å². The topological polar surface area (TPSA) is 80.9 Å². The van der Waals surface area contributed by atoms with Crippen LogP contribution in [0.25, 0.3) is 11.5 Å². The predicted molar refractivity (Wildman–Crippen MR) is 107 cm³/mol. The molecule has 1 aliphatic heterocycles. The third-order valence-corrected chi connectivity index (χ3v) is 4.80. The lowest BCUT2D eigenvalue weighted by Crippen LogP contribution is -2.50. The molecule has 0 atom stereocenters. The highest BCUT2D eigenvalue weighted by atomic mass is 16.5. The molecule has 8 heteroatoms. The number of methoxy groups -OCH3 is 1. The fourth-order valence-electron chi connectivity index (χ4n) is 3.14. The number of piperazine rings is 1. The first-order valence-corrected chi connectivity index (χ1v) is 9.40. The largest absolute Gasteiger partial charge is 0.497 e. The Bertz CT molecular complexity index is 918. The molecule has 0 N–H and O–H groups in total. The molecule has 1 fully saturated rings. The van der Waals surface area contributed by atoms with Crippen LogP contribution >= 0.6 is 0 Å². The fraction of sp³-hybridized carbons (Fsp3) is 0.286. The van der Waals surface area contributed by atoms with Gasteiger partial charge in [0.05, 0.1) is 13.4 Å². The molecule has 1 aliphatic rings. The smallest absolute Gasteiger partial charge is 0.260 e. The maximum Gasteiger partial charge on any atom is 0.260 e.